The van der Waals surface area contributed by atoms with E-state index in [0.717, 1.165) is 28.6 Å². The summed E-state index contributed by atoms with van der Waals surface area (Å²) >= 11 is 0. The van der Waals surface area contributed by atoms with Crippen LogP contribution in [-0.4, -0.2) is 34.0 Å². The molecule has 0 fully saturated rings. The van der Waals surface area contributed by atoms with Gasteiger partial charge in [-0.15, -0.1) is 10.2 Å². The molecule has 0 unspecified atom stereocenters. The number of ether oxygens (including phenoxy) is 2. The average Bonchev–Trinajstić information content (AvgIpc) is 3.03. The first-order valence-electron chi connectivity index (χ1n) is 6.82. The number of benzene rings is 1. The second-order valence-corrected chi connectivity index (χ2v) is 4.69. The SMILES string of the molecule is COc1ccc(OC)c(-n2cnnc2Cc2cccnc2)c1. The van der Waals surface area contributed by atoms with Gasteiger partial charge in [-0.2, -0.15) is 0 Å². The molecule has 3 rings (SSSR count). The van der Waals surface area contributed by atoms with Crippen molar-refractivity contribution in [1.82, 2.24) is 19.7 Å². The second kappa shape index (κ2) is 6.26. The summed E-state index contributed by atoms with van der Waals surface area (Å²) < 4.78 is 12.6. The Morgan fingerprint density at radius 3 is 2.77 bits per heavy atom. The summed E-state index contributed by atoms with van der Waals surface area (Å²) in [7, 11) is 3.27. The van der Waals surface area contributed by atoms with Gasteiger partial charge in [0.25, 0.3) is 0 Å². The van der Waals surface area contributed by atoms with Crippen LogP contribution >= 0.6 is 0 Å². The molecular formula is C16H16N4O2. The minimum absolute atomic E-state index is 0.633. The van der Waals surface area contributed by atoms with Gasteiger partial charge < -0.3 is 9.47 Å². The molecule has 6 heteroatoms. The van der Waals surface area contributed by atoms with Crippen LogP contribution in [0, 0.1) is 0 Å². The average molecular weight is 296 g/mol. The summed E-state index contributed by atoms with van der Waals surface area (Å²) in [5.74, 6) is 2.28. The Bertz CT molecular complexity index is 756. The van der Waals surface area contributed by atoms with E-state index in [1.165, 1.54) is 0 Å². The topological polar surface area (TPSA) is 62.1 Å². The van der Waals surface area contributed by atoms with E-state index in [1.807, 2.05) is 41.1 Å². The van der Waals surface area contributed by atoms with Crippen molar-refractivity contribution in [3.05, 3.63) is 60.4 Å². The van der Waals surface area contributed by atoms with Crippen LogP contribution in [0.2, 0.25) is 0 Å². The van der Waals surface area contributed by atoms with Crippen molar-refractivity contribution in [2.45, 2.75) is 6.42 Å². The highest BCUT2D eigenvalue weighted by molar-refractivity contribution is 5.51. The molecule has 0 aliphatic carbocycles. The van der Waals surface area contributed by atoms with Crippen LogP contribution in [0.3, 0.4) is 0 Å². The molecule has 1 aromatic carbocycles. The number of hydrogen-bond donors (Lipinski definition) is 0. The third kappa shape index (κ3) is 2.76. The molecule has 0 radical (unpaired) electrons. The first-order chi connectivity index (χ1) is 10.8. The van der Waals surface area contributed by atoms with Crippen molar-refractivity contribution in [3.8, 4) is 17.2 Å². The standard InChI is InChI=1S/C16H16N4O2/c1-21-13-5-6-15(22-2)14(9-13)20-11-18-19-16(20)8-12-4-3-7-17-10-12/h3-7,9-11H,8H2,1-2H3. The molecule has 0 spiro atoms. The molecule has 22 heavy (non-hydrogen) atoms. The van der Waals surface area contributed by atoms with Crippen LogP contribution in [-0.2, 0) is 6.42 Å². The Labute approximate surface area is 128 Å². The maximum atomic E-state index is 5.43. The van der Waals surface area contributed by atoms with Gasteiger partial charge in [0, 0.05) is 24.9 Å². The molecule has 0 aliphatic heterocycles. The smallest absolute Gasteiger partial charge is 0.143 e. The van der Waals surface area contributed by atoms with Crippen LogP contribution < -0.4 is 9.47 Å². The molecule has 0 bridgehead atoms. The second-order valence-electron chi connectivity index (χ2n) is 4.69. The van der Waals surface area contributed by atoms with Crippen molar-refractivity contribution >= 4 is 0 Å². The van der Waals surface area contributed by atoms with Gasteiger partial charge in [0.1, 0.15) is 23.7 Å². The van der Waals surface area contributed by atoms with Crippen LogP contribution in [0.1, 0.15) is 11.4 Å². The minimum atomic E-state index is 0.633. The Balaban J connectivity index is 2.01. The molecule has 0 amide bonds. The molecule has 0 atom stereocenters. The molecular weight excluding hydrogens is 280 g/mol. The Hall–Kier alpha value is -2.89. The van der Waals surface area contributed by atoms with E-state index in [1.54, 1.807) is 26.7 Å². The van der Waals surface area contributed by atoms with Crippen molar-refractivity contribution in [3.63, 3.8) is 0 Å². The van der Waals surface area contributed by atoms with Gasteiger partial charge in [0.05, 0.1) is 19.9 Å². The van der Waals surface area contributed by atoms with Crippen molar-refractivity contribution < 1.29 is 9.47 Å². The Morgan fingerprint density at radius 1 is 1.14 bits per heavy atom. The molecule has 0 aliphatic rings. The van der Waals surface area contributed by atoms with Crippen LogP contribution in [0.5, 0.6) is 11.5 Å². The highest BCUT2D eigenvalue weighted by atomic mass is 16.5. The van der Waals surface area contributed by atoms with E-state index in [-0.39, 0.29) is 0 Å². The number of methoxy groups -OCH3 is 2. The molecule has 0 saturated heterocycles. The van der Waals surface area contributed by atoms with Crippen molar-refractivity contribution in [1.29, 1.82) is 0 Å². The highest BCUT2D eigenvalue weighted by Crippen LogP contribution is 2.28. The first-order valence-corrected chi connectivity index (χ1v) is 6.82. The molecule has 2 heterocycles. The predicted molar refractivity (Wildman–Crippen MR) is 81.5 cm³/mol. The van der Waals surface area contributed by atoms with E-state index < -0.39 is 0 Å². The monoisotopic (exact) mass is 296 g/mol. The minimum Gasteiger partial charge on any atom is -0.497 e. The lowest BCUT2D eigenvalue weighted by molar-refractivity contribution is 0.401. The third-order valence-electron chi connectivity index (χ3n) is 3.35. The lowest BCUT2D eigenvalue weighted by Gasteiger charge is -2.12. The van der Waals surface area contributed by atoms with Gasteiger partial charge in [0.2, 0.25) is 0 Å². The molecule has 6 nitrogen and oxygen atoms in total. The zero-order valence-electron chi connectivity index (χ0n) is 12.4. The fourth-order valence-electron chi connectivity index (χ4n) is 2.25. The van der Waals surface area contributed by atoms with Gasteiger partial charge in [-0.1, -0.05) is 6.07 Å². The Kier molecular flexibility index (Phi) is 4.00. The summed E-state index contributed by atoms with van der Waals surface area (Å²) in [6.45, 7) is 0. The number of hydrogen-bond acceptors (Lipinski definition) is 5. The maximum Gasteiger partial charge on any atom is 0.143 e. The fourth-order valence-corrected chi connectivity index (χ4v) is 2.25. The summed E-state index contributed by atoms with van der Waals surface area (Å²) in [6, 6.07) is 9.53. The maximum absolute atomic E-state index is 5.43. The molecule has 0 N–H and O–H groups in total. The number of rotatable bonds is 5. The summed E-state index contributed by atoms with van der Waals surface area (Å²) in [5.41, 5.74) is 1.91. The molecule has 0 saturated carbocycles. The fraction of sp³-hybridized carbons (Fsp3) is 0.188. The molecule has 3 aromatic rings. The van der Waals surface area contributed by atoms with E-state index in [4.69, 9.17) is 9.47 Å². The van der Waals surface area contributed by atoms with E-state index in [9.17, 15) is 0 Å². The number of aromatic nitrogens is 4. The van der Waals surface area contributed by atoms with Crippen molar-refractivity contribution in [2.75, 3.05) is 14.2 Å². The first kappa shape index (κ1) is 14.1. The van der Waals surface area contributed by atoms with Gasteiger partial charge in [0.15, 0.2) is 0 Å². The lowest BCUT2D eigenvalue weighted by Crippen LogP contribution is -2.04. The van der Waals surface area contributed by atoms with Gasteiger partial charge in [-0.25, -0.2) is 0 Å². The number of nitrogens with zero attached hydrogens (tertiary/aromatic N) is 4. The van der Waals surface area contributed by atoms with Crippen LogP contribution in [0.15, 0.2) is 49.1 Å². The summed E-state index contributed by atoms with van der Waals surface area (Å²) in [4.78, 5) is 4.13. The summed E-state index contributed by atoms with van der Waals surface area (Å²) in [5, 5.41) is 8.23. The van der Waals surface area contributed by atoms with Crippen LogP contribution in [0.4, 0.5) is 0 Å². The van der Waals surface area contributed by atoms with E-state index in [2.05, 4.69) is 15.2 Å². The normalized spacial score (nSPS) is 10.5. The lowest BCUT2D eigenvalue weighted by atomic mass is 10.2. The molecule has 112 valence electrons. The third-order valence-corrected chi connectivity index (χ3v) is 3.35. The van der Waals surface area contributed by atoms with E-state index >= 15 is 0 Å². The van der Waals surface area contributed by atoms with Gasteiger partial charge in [-0.05, 0) is 23.8 Å². The Morgan fingerprint density at radius 2 is 2.05 bits per heavy atom. The zero-order valence-corrected chi connectivity index (χ0v) is 12.4. The largest absolute Gasteiger partial charge is 0.497 e. The van der Waals surface area contributed by atoms with Gasteiger partial charge in [-0.3, -0.25) is 9.55 Å². The quantitative estimate of drug-likeness (QED) is 0.723. The molecule has 2 aromatic heterocycles. The van der Waals surface area contributed by atoms with Crippen LogP contribution in [0.25, 0.3) is 5.69 Å². The van der Waals surface area contributed by atoms with E-state index in [0.29, 0.717) is 6.42 Å². The predicted octanol–water partition coefficient (Wildman–Crippen LogP) is 2.27. The highest BCUT2D eigenvalue weighted by Gasteiger charge is 2.13. The summed E-state index contributed by atoms with van der Waals surface area (Å²) in [6.07, 6.45) is 5.87. The zero-order chi connectivity index (χ0) is 15.4. The van der Waals surface area contributed by atoms with Crippen molar-refractivity contribution in [2.24, 2.45) is 0 Å². The number of pyridine rings is 1. The van der Waals surface area contributed by atoms with Gasteiger partial charge >= 0.3 is 0 Å².